The summed E-state index contributed by atoms with van der Waals surface area (Å²) in [5, 5.41) is 3.94. The monoisotopic (exact) mass is 411 g/mol. The minimum absolute atomic E-state index is 0.0827. The van der Waals surface area contributed by atoms with Crippen molar-refractivity contribution in [3.05, 3.63) is 59.1 Å². The van der Waals surface area contributed by atoms with E-state index in [-0.39, 0.29) is 11.8 Å². The Balaban J connectivity index is 1.26. The summed E-state index contributed by atoms with van der Waals surface area (Å²) < 4.78 is 0. The molecular formula is C24H30ClN3O. The Morgan fingerprint density at radius 2 is 1.62 bits per heavy atom. The molecule has 2 aromatic rings. The summed E-state index contributed by atoms with van der Waals surface area (Å²) >= 11 is 6.28. The lowest BCUT2D eigenvalue weighted by molar-refractivity contribution is -0.121. The van der Waals surface area contributed by atoms with Crippen LogP contribution in [0, 0.1) is 5.92 Å². The van der Waals surface area contributed by atoms with E-state index in [2.05, 4.69) is 33.3 Å². The van der Waals surface area contributed by atoms with Gasteiger partial charge in [-0.25, -0.2) is 0 Å². The Labute approximate surface area is 178 Å². The van der Waals surface area contributed by atoms with Crippen molar-refractivity contribution < 1.29 is 4.79 Å². The molecular weight excluding hydrogens is 382 g/mol. The molecule has 0 aliphatic carbocycles. The normalized spacial score (nSPS) is 18.6. The highest BCUT2D eigenvalue weighted by molar-refractivity contribution is 6.31. The van der Waals surface area contributed by atoms with Crippen molar-refractivity contribution >= 4 is 28.9 Å². The lowest BCUT2D eigenvalue weighted by Gasteiger charge is -2.31. The second-order valence-corrected chi connectivity index (χ2v) is 8.63. The van der Waals surface area contributed by atoms with Gasteiger partial charge in [0.15, 0.2) is 0 Å². The van der Waals surface area contributed by atoms with Gasteiger partial charge in [0.2, 0.25) is 5.91 Å². The number of benzene rings is 2. The van der Waals surface area contributed by atoms with Gasteiger partial charge in [0.05, 0.1) is 0 Å². The number of amides is 1. The maximum Gasteiger partial charge on any atom is 0.227 e. The Hall–Kier alpha value is -2.04. The molecule has 0 radical (unpaired) electrons. The average molecular weight is 412 g/mol. The largest absolute Gasteiger partial charge is 0.372 e. The highest BCUT2D eigenvalue weighted by Crippen LogP contribution is 2.25. The molecule has 2 saturated heterocycles. The van der Waals surface area contributed by atoms with Crippen LogP contribution in [-0.2, 0) is 11.3 Å². The van der Waals surface area contributed by atoms with Crippen molar-refractivity contribution in [1.29, 1.82) is 0 Å². The predicted octanol–water partition coefficient (Wildman–Crippen LogP) is 5.18. The van der Waals surface area contributed by atoms with Gasteiger partial charge in [0, 0.05) is 41.9 Å². The third-order valence-electron chi connectivity index (χ3n) is 6.17. The average Bonchev–Trinajstić information content (AvgIpc) is 2.77. The molecule has 0 saturated carbocycles. The third kappa shape index (κ3) is 5.31. The molecule has 4 nitrogen and oxygen atoms in total. The van der Waals surface area contributed by atoms with Gasteiger partial charge in [0.1, 0.15) is 0 Å². The van der Waals surface area contributed by atoms with Gasteiger partial charge in [-0.3, -0.25) is 9.69 Å². The van der Waals surface area contributed by atoms with E-state index in [1.165, 1.54) is 24.9 Å². The van der Waals surface area contributed by atoms with Crippen LogP contribution < -0.4 is 10.2 Å². The molecule has 2 aromatic carbocycles. The summed E-state index contributed by atoms with van der Waals surface area (Å²) in [5.74, 6) is 0.229. The van der Waals surface area contributed by atoms with Gasteiger partial charge < -0.3 is 10.2 Å². The SMILES string of the molecule is O=C(Nc1ccc(N2CCCCC2)cc1)C1CCN(Cc2ccccc2Cl)CC1. The van der Waals surface area contributed by atoms with Gasteiger partial charge in [0.25, 0.3) is 0 Å². The highest BCUT2D eigenvalue weighted by Gasteiger charge is 2.25. The minimum Gasteiger partial charge on any atom is -0.372 e. The lowest BCUT2D eigenvalue weighted by atomic mass is 9.95. The summed E-state index contributed by atoms with van der Waals surface area (Å²) in [6.07, 6.45) is 5.66. The van der Waals surface area contributed by atoms with Crippen molar-refractivity contribution in [3.8, 4) is 0 Å². The number of likely N-dealkylation sites (tertiary alicyclic amines) is 1. The quantitative estimate of drug-likeness (QED) is 0.736. The zero-order valence-electron chi connectivity index (χ0n) is 16.9. The molecule has 1 N–H and O–H groups in total. The zero-order valence-corrected chi connectivity index (χ0v) is 17.7. The molecule has 0 atom stereocenters. The molecule has 0 unspecified atom stereocenters. The number of nitrogens with zero attached hydrogens (tertiary/aromatic N) is 2. The van der Waals surface area contributed by atoms with Gasteiger partial charge in [-0.15, -0.1) is 0 Å². The van der Waals surface area contributed by atoms with Gasteiger partial charge in [-0.1, -0.05) is 29.8 Å². The molecule has 154 valence electrons. The summed E-state index contributed by atoms with van der Waals surface area (Å²) in [4.78, 5) is 17.5. The molecule has 0 aromatic heterocycles. The second kappa shape index (κ2) is 9.64. The fraction of sp³-hybridized carbons (Fsp3) is 0.458. The van der Waals surface area contributed by atoms with Crippen LogP contribution in [0.3, 0.4) is 0 Å². The maximum atomic E-state index is 12.7. The third-order valence-corrected chi connectivity index (χ3v) is 6.53. The first-order chi connectivity index (χ1) is 14.2. The van der Waals surface area contributed by atoms with E-state index in [1.807, 2.05) is 30.3 Å². The Bertz CT molecular complexity index is 809. The first kappa shape index (κ1) is 20.2. The Morgan fingerprint density at radius 1 is 0.931 bits per heavy atom. The summed E-state index contributed by atoms with van der Waals surface area (Å²) in [5.41, 5.74) is 3.32. The molecule has 0 spiro atoms. The number of carbonyl (C=O) groups is 1. The highest BCUT2D eigenvalue weighted by atomic mass is 35.5. The zero-order chi connectivity index (χ0) is 20.1. The molecule has 4 rings (SSSR count). The van der Waals surface area contributed by atoms with E-state index in [0.717, 1.165) is 61.8 Å². The maximum absolute atomic E-state index is 12.7. The van der Waals surface area contributed by atoms with Crippen molar-refractivity contribution in [2.75, 3.05) is 36.4 Å². The van der Waals surface area contributed by atoms with Crippen LogP contribution in [-0.4, -0.2) is 37.0 Å². The van der Waals surface area contributed by atoms with E-state index in [1.54, 1.807) is 0 Å². The van der Waals surface area contributed by atoms with Gasteiger partial charge in [-0.2, -0.15) is 0 Å². The number of halogens is 1. The second-order valence-electron chi connectivity index (χ2n) is 8.23. The topological polar surface area (TPSA) is 35.6 Å². The predicted molar refractivity (Wildman–Crippen MR) is 121 cm³/mol. The number of hydrogen-bond donors (Lipinski definition) is 1. The summed E-state index contributed by atoms with van der Waals surface area (Å²) in [6.45, 7) is 4.98. The molecule has 2 fully saturated rings. The van der Waals surface area contributed by atoms with E-state index in [9.17, 15) is 4.79 Å². The van der Waals surface area contributed by atoms with Crippen molar-refractivity contribution in [1.82, 2.24) is 4.90 Å². The number of carbonyl (C=O) groups excluding carboxylic acids is 1. The van der Waals surface area contributed by atoms with E-state index in [4.69, 9.17) is 11.6 Å². The van der Waals surface area contributed by atoms with Crippen LogP contribution in [0.2, 0.25) is 5.02 Å². The molecule has 2 aliphatic heterocycles. The number of rotatable bonds is 5. The van der Waals surface area contributed by atoms with Crippen LogP contribution >= 0.6 is 11.6 Å². The van der Waals surface area contributed by atoms with Crippen molar-refractivity contribution in [3.63, 3.8) is 0 Å². The first-order valence-electron chi connectivity index (χ1n) is 10.8. The van der Waals surface area contributed by atoms with Gasteiger partial charge >= 0.3 is 0 Å². The number of piperidine rings is 2. The molecule has 29 heavy (non-hydrogen) atoms. The van der Waals surface area contributed by atoms with Crippen molar-refractivity contribution in [2.45, 2.75) is 38.6 Å². The first-order valence-corrected chi connectivity index (χ1v) is 11.2. The standard InChI is InChI=1S/C24H30ClN3O/c25-23-7-3-2-6-20(23)18-27-16-12-19(13-17-27)24(29)26-21-8-10-22(11-9-21)28-14-4-1-5-15-28/h2-3,6-11,19H,1,4-5,12-18H2,(H,26,29). The number of nitrogens with one attached hydrogen (secondary N) is 1. The fourth-order valence-corrected chi connectivity index (χ4v) is 4.57. The van der Waals surface area contributed by atoms with E-state index >= 15 is 0 Å². The van der Waals surface area contributed by atoms with Crippen LogP contribution in [0.4, 0.5) is 11.4 Å². The number of hydrogen-bond acceptors (Lipinski definition) is 3. The molecule has 2 aliphatic rings. The van der Waals surface area contributed by atoms with Crippen LogP contribution in [0.15, 0.2) is 48.5 Å². The minimum atomic E-state index is 0.0827. The fourth-order valence-electron chi connectivity index (χ4n) is 4.37. The molecule has 0 bridgehead atoms. The Morgan fingerprint density at radius 3 is 2.31 bits per heavy atom. The van der Waals surface area contributed by atoms with E-state index < -0.39 is 0 Å². The molecule has 5 heteroatoms. The van der Waals surface area contributed by atoms with Crippen molar-refractivity contribution in [2.24, 2.45) is 5.92 Å². The van der Waals surface area contributed by atoms with Crippen LogP contribution in [0.25, 0.3) is 0 Å². The molecule has 1 amide bonds. The summed E-state index contributed by atoms with van der Waals surface area (Å²) in [7, 11) is 0. The Kier molecular flexibility index (Phi) is 6.73. The summed E-state index contributed by atoms with van der Waals surface area (Å²) in [6, 6.07) is 16.3. The number of anilines is 2. The smallest absolute Gasteiger partial charge is 0.227 e. The van der Waals surface area contributed by atoms with E-state index in [0.29, 0.717) is 0 Å². The molecule has 2 heterocycles. The van der Waals surface area contributed by atoms with Gasteiger partial charge in [-0.05, 0) is 81.1 Å². The lowest BCUT2D eigenvalue weighted by Crippen LogP contribution is -2.37. The van der Waals surface area contributed by atoms with Crippen LogP contribution in [0.5, 0.6) is 0 Å². The van der Waals surface area contributed by atoms with Crippen LogP contribution in [0.1, 0.15) is 37.7 Å².